The minimum absolute atomic E-state index is 0.252. The lowest BCUT2D eigenvalue weighted by molar-refractivity contribution is 0.0519. The zero-order valence-corrected chi connectivity index (χ0v) is 14.3. The predicted octanol–water partition coefficient (Wildman–Crippen LogP) is 4.24. The van der Waals surface area contributed by atoms with Gasteiger partial charge in [-0.25, -0.2) is 14.3 Å². The van der Waals surface area contributed by atoms with Gasteiger partial charge in [0.05, 0.1) is 18.0 Å². The van der Waals surface area contributed by atoms with Crippen molar-refractivity contribution >= 4 is 11.6 Å². The first-order valence-corrected chi connectivity index (χ1v) is 8.45. The summed E-state index contributed by atoms with van der Waals surface area (Å²) in [5.74, 6) is -0.446. The van der Waals surface area contributed by atoms with Crippen LogP contribution in [0, 0.1) is 0 Å². The van der Waals surface area contributed by atoms with Crippen LogP contribution in [0.15, 0.2) is 72.8 Å². The summed E-state index contributed by atoms with van der Waals surface area (Å²) >= 11 is 0. The number of hydrogen-bond acceptors (Lipinski definition) is 4. The highest BCUT2D eigenvalue weighted by Crippen LogP contribution is 2.26. The highest BCUT2D eigenvalue weighted by atomic mass is 16.5. The molecule has 0 radical (unpaired) electrons. The molecule has 128 valence electrons. The van der Waals surface area contributed by atoms with Gasteiger partial charge >= 0.3 is 5.97 Å². The van der Waals surface area contributed by atoms with Crippen LogP contribution in [-0.4, -0.2) is 27.2 Å². The maximum Gasteiger partial charge on any atom is 0.358 e. The van der Waals surface area contributed by atoms with Gasteiger partial charge in [0.2, 0.25) is 0 Å². The maximum atomic E-state index is 12.1. The molecule has 0 fully saturated rings. The van der Waals surface area contributed by atoms with E-state index in [2.05, 4.69) is 10.1 Å². The molecule has 2 heterocycles. The van der Waals surface area contributed by atoms with Gasteiger partial charge in [-0.1, -0.05) is 60.7 Å². The summed E-state index contributed by atoms with van der Waals surface area (Å²) in [5.41, 5.74) is 4.55. The lowest BCUT2D eigenvalue weighted by Crippen LogP contribution is -2.06. The van der Waals surface area contributed by atoms with Crippen LogP contribution in [0.4, 0.5) is 0 Å². The first kappa shape index (κ1) is 16.0. The Labute approximate surface area is 150 Å². The summed E-state index contributed by atoms with van der Waals surface area (Å²) in [7, 11) is 0. The van der Waals surface area contributed by atoms with Gasteiger partial charge in [-0.3, -0.25) is 0 Å². The van der Waals surface area contributed by atoms with Crippen LogP contribution in [0.5, 0.6) is 0 Å². The van der Waals surface area contributed by atoms with Crippen molar-refractivity contribution in [2.24, 2.45) is 0 Å². The molecule has 2 aromatic heterocycles. The first-order chi connectivity index (χ1) is 12.8. The molecule has 0 atom stereocenters. The molecule has 0 unspecified atom stereocenters. The van der Waals surface area contributed by atoms with Crippen LogP contribution >= 0.6 is 0 Å². The molecule has 0 aliphatic heterocycles. The second-order valence-electron chi connectivity index (χ2n) is 5.78. The molecule has 5 heteroatoms. The molecule has 0 aliphatic carbocycles. The van der Waals surface area contributed by atoms with E-state index in [0.29, 0.717) is 12.3 Å². The fraction of sp³-hybridized carbons (Fsp3) is 0.0952. The van der Waals surface area contributed by atoms with E-state index in [1.165, 1.54) is 0 Å². The number of ether oxygens (including phenoxy) is 1. The van der Waals surface area contributed by atoms with Gasteiger partial charge in [0.15, 0.2) is 11.3 Å². The average Bonchev–Trinajstić information content (AvgIpc) is 3.13. The molecule has 4 rings (SSSR count). The Kier molecular flexibility index (Phi) is 4.19. The zero-order chi connectivity index (χ0) is 17.9. The molecule has 0 saturated heterocycles. The third kappa shape index (κ3) is 2.95. The number of aromatic nitrogens is 3. The largest absolute Gasteiger partial charge is 0.461 e. The molecular weight excluding hydrogens is 326 g/mol. The van der Waals surface area contributed by atoms with Crippen molar-refractivity contribution in [3.63, 3.8) is 0 Å². The molecular formula is C21H17N3O2. The summed E-state index contributed by atoms with van der Waals surface area (Å²) in [4.78, 5) is 16.8. The Morgan fingerprint density at radius 2 is 1.62 bits per heavy atom. The van der Waals surface area contributed by atoms with Crippen LogP contribution in [0.2, 0.25) is 0 Å². The van der Waals surface area contributed by atoms with Gasteiger partial charge in [-0.05, 0) is 13.0 Å². The van der Waals surface area contributed by atoms with E-state index in [-0.39, 0.29) is 5.69 Å². The normalized spacial score (nSPS) is 10.8. The fourth-order valence-electron chi connectivity index (χ4n) is 2.85. The molecule has 0 amide bonds. The number of esters is 1. The lowest BCUT2D eigenvalue weighted by atomic mass is 10.1. The van der Waals surface area contributed by atoms with Gasteiger partial charge in [-0.15, -0.1) is 0 Å². The molecule has 5 nitrogen and oxygen atoms in total. The molecule has 0 aliphatic rings. The van der Waals surface area contributed by atoms with E-state index in [4.69, 9.17) is 4.74 Å². The average molecular weight is 343 g/mol. The molecule has 0 N–H and O–H groups in total. The van der Waals surface area contributed by atoms with Crippen molar-refractivity contribution in [3.05, 3.63) is 78.5 Å². The van der Waals surface area contributed by atoms with Crippen LogP contribution in [0.1, 0.15) is 17.4 Å². The molecule has 0 spiro atoms. The number of carbonyl (C=O) groups is 1. The van der Waals surface area contributed by atoms with Crippen molar-refractivity contribution in [1.29, 1.82) is 0 Å². The standard InChI is InChI=1S/C21H17N3O2/c1-2-26-21(25)18-14-20-22-17(15-9-5-3-6-10-15)13-19(24(20)23-18)16-11-7-4-8-12-16/h3-14H,2H2,1H3. The molecule has 4 aromatic rings. The molecule has 2 aromatic carbocycles. The Morgan fingerprint density at radius 3 is 2.27 bits per heavy atom. The predicted molar refractivity (Wildman–Crippen MR) is 99.8 cm³/mol. The quantitative estimate of drug-likeness (QED) is 0.520. The van der Waals surface area contributed by atoms with E-state index in [9.17, 15) is 4.79 Å². The minimum atomic E-state index is -0.446. The third-order valence-corrected chi connectivity index (χ3v) is 4.05. The van der Waals surface area contributed by atoms with Crippen molar-refractivity contribution < 1.29 is 9.53 Å². The van der Waals surface area contributed by atoms with E-state index < -0.39 is 5.97 Å². The molecule has 26 heavy (non-hydrogen) atoms. The summed E-state index contributed by atoms with van der Waals surface area (Å²) in [6, 6.07) is 23.5. The number of fused-ring (bicyclic) bond motifs is 1. The second kappa shape index (κ2) is 6.80. The number of rotatable bonds is 4. The van der Waals surface area contributed by atoms with Crippen LogP contribution < -0.4 is 0 Å². The smallest absolute Gasteiger partial charge is 0.358 e. The maximum absolute atomic E-state index is 12.1. The van der Waals surface area contributed by atoms with Crippen LogP contribution in [0.3, 0.4) is 0 Å². The van der Waals surface area contributed by atoms with E-state index in [1.54, 1.807) is 17.5 Å². The van der Waals surface area contributed by atoms with Gasteiger partial charge in [0.1, 0.15) is 0 Å². The van der Waals surface area contributed by atoms with Gasteiger partial charge < -0.3 is 4.74 Å². The number of nitrogens with zero attached hydrogens (tertiary/aromatic N) is 3. The summed E-state index contributed by atoms with van der Waals surface area (Å²) in [6.45, 7) is 2.08. The highest BCUT2D eigenvalue weighted by molar-refractivity contribution is 5.89. The topological polar surface area (TPSA) is 56.5 Å². The van der Waals surface area contributed by atoms with Gasteiger partial charge in [0.25, 0.3) is 0 Å². The van der Waals surface area contributed by atoms with E-state index in [0.717, 1.165) is 22.5 Å². The van der Waals surface area contributed by atoms with E-state index in [1.807, 2.05) is 66.7 Å². The Balaban J connectivity index is 1.95. The number of hydrogen-bond donors (Lipinski definition) is 0. The summed E-state index contributed by atoms with van der Waals surface area (Å²) < 4.78 is 6.76. The number of benzene rings is 2. The third-order valence-electron chi connectivity index (χ3n) is 4.05. The van der Waals surface area contributed by atoms with Gasteiger partial charge in [-0.2, -0.15) is 5.10 Å². The second-order valence-corrected chi connectivity index (χ2v) is 5.78. The zero-order valence-electron chi connectivity index (χ0n) is 14.3. The highest BCUT2D eigenvalue weighted by Gasteiger charge is 2.16. The van der Waals surface area contributed by atoms with E-state index >= 15 is 0 Å². The molecule has 0 saturated carbocycles. The van der Waals surface area contributed by atoms with Crippen molar-refractivity contribution in [2.45, 2.75) is 6.92 Å². The minimum Gasteiger partial charge on any atom is -0.461 e. The van der Waals surface area contributed by atoms with Crippen molar-refractivity contribution in [2.75, 3.05) is 6.61 Å². The van der Waals surface area contributed by atoms with Crippen LogP contribution in [0.25, 0.3) is 28.2 Å². The summed E-state index contributed by atoms with van der Waals surface area (Å²) in [6.07, 6.45) is 0. The van der Waals surface area contributed by atoms with Crippen molar-refractivity contribution in [3.8, 4) is 22.5 Å². The SMILES string of the molecule is CCOC(=O)c1cc2nc(-c3ccccc3)cc(-c3ccccc3)n2n1. The Morgan fingerprint density at radius 1 is 0.962 bits per heavy atom. The van der Waals surface area contributed by atoms with Gasteiger partial charge in [0, 0.05) is 17.2 Å². The first-order valence-electron chi connectivity index (χ1n) is 8.45. The Bertz CT molecular complexity index is 1060. The Hall–Kier alpha value is -3.47. The van der Waals surface area contributed by atoms with Crippen LogP contribution in [-0.2, 0) is 4.74 Å². The lowest BCUT2D eigenvalue weighted by Gasteiger charge is -2.08. The monoisotopic (exact) mass is 343 g/mol. The molecule has 0 bridgehead atoms. The fourth-order valence-corrected chi connectivity index (χ4v) is 2.85. The summed E-state index contributed by atoms with van der Waals surface area (Å²) in [5, 5.41) is 4.42. The van der Waals surface area contributed by atoms with Crippen molar-refractivity contribution in [1.82, 2.24) is 14.6 Å². The number of carbonyl (C=O) groups excluding carboxylic acids is 1.